The van der Waals surface area contributed by atoms with Gasteiger partial charge in [-0.2, -0.15) is 13.2 Å². The van der Waals surface area contributed by atoms with Gasteiger partial charge < -0.3 is 25.2 Å². The van der Waals surface area contributed by atoms with Crippen LogP contribution in [0.3, 0.4) is 0 Å². The van der Waals surface area contributed by atoms with E-state index in [0.717, 1.165) is 6.07 Å². The molecular weight excluding hydrogens is 353 g/mol. The van der Waals surface area contributed by atoms with Crippen molar-refractivity contribution in [2.24, 2.45) is 0 Å². The molecule has 1 aromatic rings. The molecule has 3 rings (SSSR count). The van der Waals surface area contributed by atoms with E-state index >= 15 is 0 Å². The molecule has 6 nitrogen and oxygen atoms in total. The van der Waals surface area contributed by atoms with Crippen LogP contribution in [0.15, 0.2) is 24.3 Å². The summed E-state index contributed by atoms with van der Waals surface area (Å²) in [5.74, 6) is -0.639. The third-order valence-corrected chi connectivity index (χ3v) is 4.81. The summed E-state index contributed by atoms with van der Waals surface area (Å²) in [5.41, 5.74) is -2.40. The molecule has 1 saturated heterocycles. The maximum atomic E-state index is 12.9. The van der Waals surface area contributed by atoms with Crippen molar-refractivity contribution >= 4 is 11.7 Å². The van der Waals surface area contributed by atoms with Crippen LogP contribution in [-0.4, -0.2) is 42.3 Å². The highest BCUT2D eigenvalue weighted by atomic mass is 19.4. The van der Waals surface area contributed by atoms with Crippen molar-refractivity contribution in [3.05, 3.63) is 29.8 Å². The molecule has 0 atom stereocenters. The zero-order valence-corrected chi connectivity index (χ0v) is 14.1. The summed E-state index contributed by atoms with van der Waals surface area (Å²) in [6, 6.07) is 3.92. The van der Waals surface area contributed by atoms with Gasteiger partial charge in [0.1, 0.15) is 0 Å². The normalized spacial score (nSPS) is 21.5. The first-order valence-electron chi connectivity index (χ1n) is 8.43. The Morgan fingerprint density at radius 1 is 1.12 bits per heavy atom. The Kier molecular flexibility index (Phi) is 5.14. The fraction of sp³-hybridized carbons (Fsp3) is 0.588. The van der Waals surface area contributed by atoms with E-state index in [-0.39, 0.29) is 12.2 Å². The van der Waals surface area contributed by atoms with Gasteiger partial charge in [-0.3, -0.25) is 0 Å². The van der Waals surface area contributed by atoms with E-state index in [1.807, 2.05) is 0 Å². The molecule has 1 aliphatic heterocycles. The number of anilines is 1. The highest BCUT2D eigenvalue weighted by Crippen LogP contribution is 2.40. The number of carbonyl (C=O) groups excluding carboxylic acids is 1. The Bertz CT molecular complexity index is 650. The molecule has 26 heavy (non-hydrogen) atoms. The van der Waals surface area contributed by atoms with Crippen LogP contribution in [-0.2, 0) is 15.7 Å². The summed E-state index contributed by atoms with van der Waals surface area (Å²) >= 11 is 0. The topological polar surface area (TPSA) is 79.8 Å². The Morgan fingerprint density at radius 3 is 2.35 bits per heavy atom. The van der Waals surface area contributed by atoms with Crippen LogP contribution in [0.1, 0.15) is 31.2 Å². The number of hydrogen-bond acceptors (Lipinski definition) is 4. The zero-order chi connectivity index (χ0) is 18.8. The first kappa shape index (κ1) is 18.9. The van der Waals surface area contributed by atoms with Crippen LogP contribution < -0.4 is 10.6 Å². The lowest BCUT2D eigenvalue weighted by Gasteiger charge is -2.40. The number of rotatable bonds is 3. The Balaban J connectivity index is 1.53. The van der Waals surface area contributed by atoms with Crippen molar-refractivity contribution in [1.29, 1.82) is 0 Å². The van der Waals surface area contributed by atoms with Gasteiger partial charge in [0.15, 0.2) is 5.79 Å². The summed E-state index contributed by atoms with van der Waals surface area (Å²) in [5, 5.41) is 15.2. The zero-order valence-electron chi connectivity index (χ0n) is 14.1. The fourth-order valence-electron chi connectivity index (χ4n) is 3.31. The molecular formula is C17H21F3N2O4. The highest BCUT2D eigenvalue weighted by Gasteiger charge is 2.45. The van der Waals surface area contributed by atoms with E-state index in [1.54, 1.807) is 0 Å². The number of benzene rings is 1. The maximum absolute atomic E-state index is 12.9. The highest BCUT2D eigenvalue weighted by molar-refractivity contribution is 5.90. The number of halogens is 3. The van der Waals surface area contributed by atoms with E-state index in [0.29, 0.717) is 38.9 Å². The molecule has 1 aromatic carbocycles. The molecule has 0 aromatic heterocycles. The van der Waals surface area contributed by atoms with Gasteiger partial charge in [0.05, 0.1) is 30.1 Å². The van der Waals surface area contributed by atoms with Crippen molar-refractivity contribution in [3.63, 3.8) is 0 Å². The van der Waals surface area contributed by atoms with E-state index in [9.17, 15) is 23.1 Å². The molecule has 1 aliphatic carbocycles. The van der Waals surface area contributed by atoms with Crippen LogP contribution in [0.4, 0.5) is 23.7 Å². The maximum Gasteiger partial charge on any atom is 0.418 e. The molecule has 0 unspecified atom stereocenters. The number of nitrogens with one attached hydrogen (secondary N) is 2. The minimum atomic E-state index is -4.57. The van der Waals surface area contributed by atoms with E-state index in [4.69, 9.17) is 9.47 Å². The SMILES string of the molecule is O=C(NCC1(O)CCC2(CC1)OCCO2)Nc1ccccc1C(F)(F)F. The Labute approximate surface area is 148 Å². The number of urea groups is 1. The molecule has 0 bridgehead atoms. The van der Waals surface area contributed by atoms with Gasteiger partial charge >= 0.3 is 12.2 Å². The Morgan fingerprint density at radius 2 is 1.73 bits per heavy atom. The summed E-state index contributed by atoms with van der Waals surface area (Å²) in [6.07, 6.45) is -2.83. The van der Waals surface area contributed by atoms with Crippen molar-refractivity contribution in [2.75, 3.05) is 25.1 Å². The van der Waals surface area contributed by atoms with Gasteiger partial charge in [0, 0.05) is 19.4 Å². The molecule has 1 heterocycles. The molecule has 2 aliphatic rings. The number of amides is 2. The third-order valence-electron chi connectivity index (χ3n) is 4.81. The minimum absolute atomic E-state index is 0.0664. The Hall–Kier alpha value is -1.84. The quantitative estimate of drug-likeness (QED) is 0.760. The molecule has 2 fully saturated rings. The average molecular weight is 374 g/mol. The van der Waals surface area contributed by atoms with Gasteiger partial charge in [0.2, 0.25) is 0 Å². The van der Waals surface area contributed by atoms with Gasteiger partial charge in [-0.15, -0.1) is 0 Å². The number of para-hydroxylation sites is 1. The molecule has 2 amide bonds. The van der Waals surface area contributed by atoms with E-state index in [1.165, 1.54) is 18.2 Å². The first-order valence-corrected chi connectivity index (χ1v) is 8.43. The number of aliphatic hydroxyl groups is 1. The second-order valence-electron chi connectivity index (χ2n) is 6.68. The largest absolute Gasteiger partial charge is 0.418 e. The van der Waals surface area contributed by atoms with Crippen molar-refractivity contribution in [2.45, 2.75) is 43.2 Å². The lowest BCUT2D eigenvalue weighted by molar-refractivity contribution is -0.201. The van der Waals surface area contributed by atoms with Crippen LogP contribution in [0.2, 0.25) is 0 Å². The number of carbonyl (C=O) groups is 1. The van der Waals surface area contributed by atoms with Crippen LogP contribution in [0, 0.1) is 0 Å². The van der Waals surface area contributed by atoms with Gasteiger partial charge in [0.25, 0.3) is 0 Å². The van der Waals surface area contributed by atoms with Gasteiger partial charge in [-0.1, -0.05) is 12.1 Å². The summed E-state index contributed by atoms with van der Waals surface area (Å²) in [4.78, 5) is 12.0. The predicted octanol–water partition coefficient (Wildman–Crippen LogP) is 2.88. The number of hydrogen-bond donors (Lipinski definition) is 3. The predicted molar refractivity (Wildman–Crippen MR) is 86.5 cm³/mol. The molecule has 1 spiro atoms. The lowest BCUT2D eigenvalue weighted by atomic mass is 9.81. The van der Waals surface area contributed by atoms with Crippen LogP contribution >= 0.6 is 0 Å². The summed E-state index contributed by atoms with van der Waals surface area (Å²) < 4.78 is 50.0. The first-order chi connectivity index (χ1) is 12.2. The van der Waals surface area contributed by atoms with Gasteiger partial charge in [-0.05, 0) is 25.0 Å². The number of alkyl halides is 3. The summed E-state index contributed by atoms with van der Waals surface area (Å²) in [7, 11) is 0. The summed E-state index contributed by atoms with van der Waals surface area (Å²) in [6.45, 7) is 0.985. The monoisotopic (exact) mass is 374 g/mol. The second-order valence-corrected chi connectivity index (χ2v) is 6.68. The van der Waals surface area contributed by atoms with Gasteiger partial charge in [-0.25, -0.2) is 4.79 Å². The average Bonchev–Trinajstić information content (AvgIpc) is 3.05. The van der Waals surface area contributed by atoms with Crippen molar-refractivity contribution in [1.82, 2.24) is 5.32 Å². The third kappa shape index (κ3) is 4.28. The molecule has 3 N–H and O–H groups in total. The molecule has 0 radical (unpaired) electrons. The molecule has 1 saturated carbocycles. The second kappa shape index (κ2) is 7.05. The van der Waals surface area contributed by atoms with E-state index < -0.39 is 29.2 Å². The van der Waals surface area contributed by atoms with Crippen molar-refractivity contribution in [3.8, 4) is 0 Å². The smallest absolute Gasteiger partial charge is 0.388 e. The minimum Gasteiger partial charge on any atom is -0.388 e. The molecule has 144 valence electrons. The standard InChI is InChI=1S/C17H21F3N2O4/c18-17(19,20)12-3-1-2-4-13(12)22-14(23)21-11-15(24)5-7-16(8-6-15)25-9-10-26-16/h1-4,24H,5-11H2,(H2,21,22,23). The molecule has 9 heteroatoms. The lowest BCUT2D eigenvalue weighted by Crippen LogP contribution is -2.50. The number of ether oxygens (including phenoxy) is 2. The van der Waals surface area contributed by atoms with E-state index in [2.05, 4.69) is 10.6 Å². The van der Waals surface area contributed by atoms with Crippen LogP contribution in [0.25, 0.3) is 0 Å². The van der Waals surface area contributed by atoms with Crippen LogP contribution in [0.5, 0.6) is 0 Å². The fourth-order valence-corrected chi connectivity index (χ4v) is 3.31. The van der Waals surface area contributed by atoms with Crippen molar-refractivity contribution < 1.29 is 32.5 Å².